The molecule has 2 fully saturated rings. The Morgan fingerprint density at radius 2 is 2.20 bits per heavy atom. The molecule has 2 aliphatic rings. The van der Waals surface area contributed by atoms with E-state index in [0.717, 1.165) is 51.2 Å². The summed E-state index contributed by atoms with van der Waals surface area (Å²) in [5.41, 5.74) is 0. The summed E-state index contributed by atoms with van der Waals surface area (Å²) in [6.45, 7) is 2.30. The lowest BCUT2D eigenvalue weighted by Gasteiger charge is -2.33. The summed E-state index contributed by atoms with van der Waals surface area (Å²) in [5.74, 6) is 0.969. The van der Waals surface area contributed by atoms with Gasteiger partial charge in [0.25, 0.3) is 5.91 Å². The highest BCUT2D eigenvalue weighted by Gasteiger charge is 2.30. The highest BCUT2D eigenvalue weighted by Crippen LogP contribution is 2.19. The Morgan fingerprint density at radius 3 is 2.85 bits per heavy atom. The predicted octanol–water partition coefficient (Wildman–Crippen LogP) is 1.06. The molecule has 1 amide bonds. The van der Waals surface area contributed by atoms with Crippen molar-refractivity contribution in [1.82, 2.24) is 15.1 Å². The summed E-state index contributed by atoms with van der Waals surface area (Å²) in [6, 6.07) is 4.14. The fraction of sp³-hybridized carbons (Fsp3) is 0.643. The van der Waals surface area contributed by atoms with Crippen LogP contribution in [0.4, 0.5) is 5.82 Å². The van der Waals surface area contributed by atoms with E-state index >= 15 is 0 Å². The van der Waals surface area contributed by atoms with Gasteiger partial charge in [0.1, 0.15) is 11.9 Å². The maximum Gasteiger partial charge on any atom is 0.251 e. The minimum atomic E-state index is -0.195. The third-order valence-corrected chi connectivity index (χ3v) is 3.94. The number of nitrogens with one attached hydrogen (secondary N) is 1. The van der Waals surface area contributed by atoms with E-state index < -0.39 is 0 Å². The number of nitrogens with zero attached hydrogens (tertiary/aromatic N) is 3. The molecule has 0 aromatic carbocycles. The van der Waals surface area contributed by atoms with Gasteiger partial charge in [-0.15, -0.1) is 5.10 Å². The van der Waals surface area contributed by atoms with Crippen LogP contribution in [-0.4, -0.2) is 52.8 Å². The molecule has 0 spiro atoms. The summed E-state index contributed by atoms with van der Waals surface area (Å²) in [6.07, 6.45) is 5.22. The second-order valence-corrected chi connectivity index (χ2v) is 5.35. The second-order valence-electron chi connectivity index (χ2n) is 5.35. The summed E-state index contributed by atoms with van der Waals surface area (Å²) in [5, 5.41) is 11.2. The van der Waals surface area contributed by atoms with E-state index in [1.54, 1.807) is 6.20 Å². The van der Waals surface area contributed by atoms with Crippen LogP contribution in [0.1, 0.15) is 25.7 Å². The zero-order valence-electron chi connectivity index (χ0n) is 11.5. The predicted molar refractivity (Wildman–Crippen MR) is 74.2 cm³/mol. The first-order valence-corrected chi connectivity index (χ1v) is 7.27. The van der Waals surface area contributed by atoms with Gasteiger partial charge in [-0.3, -0.25) is 4.79 Å². The maximum absolute atomic E-state index is 12.2. The lowest BCUT2D eigenvalue weighted by Crippen LogP contribution is -2.46. The fourth-order valence-electron chi connectivity index (χ4n) is 2.81. The lowest BCUT2D eigenvalue weighted by atomic mass is 10.0. The van der Waals surface area contributed by atoms with Gasteiger partial charge in [-0.05, 0) is 37.8 Å². The van der Waals surface area contributed by atoms with Crippen molar-refractivity contribution in [2.24, 2.45) is 0 Å². The molecule has 1 aromatic heterocycles. The molecule has 108 valence electrons. The first-order chi connectivity index (χ1) is 9.83. The Hall–Kier alpha value is -1.69. The molecule has 2 saturated heterocycles. The Kier molecular flexibility index (Phi) is 4.11. The molecule has 20 heavy (non-hydrogen) atoms. The van der Waals surface area contributed by atoms with Crippen molar-refractivity contribution in [1.29, 1.82) is 0 Å². The van der Waals surface area contributed by atoms with Crippen molar-refractivity contribution >= 4 is 11.7 Å². The number of hydrogen-bond acceptors (Lipinski definition) is 5. The summed E-state index contributed by atoms with van der Waals surface area (Å²) in [4.78, 5) is 14.2. The molecular formula is C14H20N4O2. The van der Waals surface area contributed by atoms with E-state index in [1.165, 1.54) is 0 Å². The topological polar surface area (TPSA) is 67.3 Å². The number of hydrogen-bond donors (Lipinski definition) is 1. The number of ether oxygens (including phenoxy) is 1. The number of carbonyl (C=O) groups excluding carboxylic acids is 1. The van der Waals surface area contributed by atoms with Crippen LogP contribution in [0.2, 0.25) is 0 Å². The second kappa shape index (κ2) is 6.17. The van der Waals surface area contributed by atoms with Gasteiger partial charge in [0, 0.05) is 31.9 Å². The first-order valence-electron chi connectivity index (χ1n) is 7.27. The molecule has 6 nitrogen and oxygen atoms in total. The molecule has 2 aliphatic heterocycles. The average molecular weight is 276 g/mol. The summed E-state index contributed by atoms with van der Waals surface area (Å²) >= 11 is 0. The number of rotatable bonds is 3. The van der Waals surface area contributed by atoms with Crippen LogP contribution in [0.15, 0.2) is 18.3 Å². The number of likely N-dealkylation sites (tertiary alicyclic amines) is 1. The van der Waals surface area contributed by atoms with Crippen LogP contribution in [0.5, 0.6) is 0 Å². The zero-order valence-corrected chi connectivity index (χ0v) is 11.5. The van der Waals surface area contributed by atoms with E-state index in [9.17, 15) is 4.79 Å². The maximum atomic E-state index is 12.2. The number of anilines is 1. The monoisotopic (exact) mass is 276 g/mol. The van der Waals surface area contributed by atoms with Crippen molar-refractivity contribution in [2.45, 2.75) is 37.8 Å². The van der Waals surface area contributed by atoms with Gasteiger partial charge in [0.15, 0.2) is 0 Å². The minimum Gasteiger partial charge on any atom is -0.368 e. The lowest BCUT2D eigenvalue weighted by molar-refractivity contribution is -0.141. The van der Waals surface area contributed by atoms with Crippen LogP contribution in [-0.2, 0) is 9.53 Å². The van der Waals surface area contributed by atoms with Crippen LogP contribution < -0.4 is 5.32 Å². The van der Waals surface area contributed by atoms with Gasteiger partial charge in [-0.2, -0.15) is 5.10 Å². The molecule has 0 bridgehead atoms. The van der Waals surface area contributed by atoms with E-state index in [1.807, 2.05) is 17.0 Å². The molecule has 0 unspecified atom stereocenters. The van der Waals surface area contributed by atoms with Gasteiger partial charge in [-0.25, -0.2) is 0 Å². The normalized spacial score (nSPS) is 23.8. The van der Waals surface area contributed by atoms with Crippen molar-refractivity contribution in [3.05, 3.63) is 18.3 Å². The quantitative estimate of drug-likeness (QED) is 0.894. The zero-order chi connectivity index (χ0) is 13.8. The number of carbonyl (C=O) groups is 1. The largest absolute Gasteiger partial charge is 0.368 e. The molecule has 1 N–H and O–H groups in total. The third kappa shape index (κ3) is 3.07. The highest BCUT2D eigenvalue weighted by molar-refractivity contribution is 5.81. The van der Waals surface area contributed by atoms with E-state index in [2.05, 4.69) is 15.5 Å². The van der Waals surface area contributed by atoms with E-state index in [-0.39, 0.29) is 12.0 Å². The summed E-state index contributed by atoms with van der Waals surface area (Å²) in [7, 11) is 0. The SMILES string of the molecule is O=C([C@@H]1CCCO1)N1CCC(Nc2cccnn2)CC1. The molecule has 0 aliphatic carbocycles. The Labute approximate surface area is 118 Å². The molecule has 3 rings (SSSR count). The Balaban J connectivity index is 1.48. The molecule has 1 atom stereocenters. The van der Waals surface area contributed by atoms with Crippen molar-refractivity contribution in [3.8, 4) is 0 Å². The van der Waals surface area contributed by atoms with Gasteiger partial charge < -0.3 is 15.0 Å². The van der Waals surface area contributed by atoms with Gasteiger partial charge in [-0.1, -0.05) is 0 Å². The van der Waals surface area contributed by atoms with Crippen molar-refractivity contribution < 1.29 is 9.53 Å². The third-order valence-electron chi connectivity index (χ3n) is 3.94. The van der Waals surface area contributed by atoms with Crippen molar-refractivity contribution in [2.75, 3.05) is 25.0 Å². The smallest absolute Gasteiger partial charge is 0.251 e. The first kappa shape index (κ1) is 13.3. The molecule has 3 heterocycles. The standard InChI is InChI=1S/C14H20N4O2/c19-14(12-3-2-10-20-12)18-8-5-11(6-9-18)16-13-4-1-7-15-17-13/h1,4,7,11-12H,2-3,5-6,8-10H2,(H,16,17)/t12-/m0/s1. The van der Waals surface area contributed by atoms with Crippen LogP contribution in [0.3, 0.4) is 0 Å². The molecule has 6 heteroatoms. The Morgan fingerprint density at radius 1 is 1.35 bits per heavy atom. The Bertz CT molecular complexity index is 440. The van der Waals surface area contributed by atoms with Crippen molar-refractivity contribution in [3.63, 3.8) is 0 Å². The van der Waals surface area contributed by atoms with E-state index in [0.29, 0.717) is 6.04 Å². The number of piperidine rings is 1. The number of amides is 1. The van der Waals surface area contributed by atoms with E-state index in [4.69, 9.17) is 4.74 Å². The minimum absolute atomic E-state index is 0.167. The van der Waals surface area contributed by atoms with Crippen LogP contribution in [0, 0.1) is 0 Å². The van der Waals surface area contributed by atoms with Crippen LogP contribution in [0.25, 0.3) is 0 Å². The molecule has 0 saturated carbocycles. The molecular weight excluding hydrogens is 256 g/mol. The van der Waals surface area contributed by atoms with Gasteiger partial charge in [0.2, 0.25) is 0 Å². The highest BCUT2D eigenvalue weighted by atomic mass is 16.5. The van der Waals surface area contributed by atoms with Crippen LogP contribution >= 0.6 is 0 Å². The molecule has 0 radical (unpaired) electrons. The van der Waals surface area contributed by atoms with Gasteiger partial charge >= 0.3 is 0 Å². The summed E-state index contributed by atoms with van der Waals surface area (Å²) < 4.78 is 5.47. The average Bonchev–Trinajstić information content (AvgIpc) is 3.03. The van der Waals surface area contributed by atoms with Gasteiger partial charge in [0.05, 0.1) is 0 Å². The number of aromatic nitrogens is 2. The molecule has 1 aromatic rings. The fourth-order valence-corrected chi connectivity index (χ4v) is 2.81.